The van der Waals surface area contributed by atoms with Crippen LogP contribution in [0.5, 0.6) is 0 Å². The number of aliphatic hydroxyl groups excluding tert-OH is 1. The maximum Gasteiger partial charge on any atom is 0.218 e. The second-order valence-electron chi connectivity index (χ2n) is 8.37. The zero-order valence-corrected chi connectivity index (χ0v) is 15.2. The minimum atomic E-state index is -1.51. The van der Waals surface area contributed by atoms with Crippen LogP contribution in [-0.2, 0) is 9.47 Å². The SMILES string of the molecule is CC1=CC2(O)OCC3OC32CCC(C)(O)C=CCC(C)(O)C(O)CC1. The summed E-state index contributed by atoms with van der Waals surface area (Å²) in [5.74, 6) is -1.51. The Morgan fingerprint density at radius 2 is 1.88 bits per heavy atom. The fourth-order valence-electron chi connectivity index (χ4n) is 3.88. The van der Waals surface area contributed by atoms with Gasteiger partial charge in [0.25, 0.3) is 0 Å². The van der Waals surface area contributed by atoms with Gasteiger partial charge in [0.15, 0.2) is 5.60 Å². The number of hydrogen-bond donors (Lipinski definition) is 4. The summed E-state index contributed by atoms with van der Waals surface area (Å²) in [7, 11) is 0. The highest BCUT2D eigenvalue weighted by atomic mass is 16.7. The summed E-state index contributed by atoms with van der Waals surface area (Å²) in [5, 5.41) is 42.4. The number of hydrogen-bond acceptors (Lipinski definition) is 6. The van der Waals surface area contributed by atoms with Crippen molar-refractivity contribution >= 4 is 0 Å². The molecular formula is C19H30O6. The van der Waals surface area contributed by atoms with Crippen LogP contribution < -0.4 is 0 Å². The van der Waals surface area contributed by atoms with Gasteiger partial charge in [-0.3, -0.25) is 0 Å². The fourth-order valence-corrected chi connectivity index (χ4v) is 3.88. The van der Waals surface area contributed by atoms with Gasteiger partial charge in [-0.05, 0) is 59.0 Å². The van der Waals surface area contributed by atoms with Gasteiger partial charge in [0.2, 0.25) is 5.79 Å². The Labute approximate surface area is 148 Å². The van der Waals surface area contributed by atoms with Gasteiger partial charge < -0.3 is 29.9 Å². The summed E-state index contributed by atoms with van der Waals surface area (Å²) in [6.07, 6.45) is 5.96. The monoisotopic (exact) mass is 354 g/mol. The molecule has 25 heavy (non-hydrogen) atoms. The molecule has 2 saturated heterocycles. The van der Waals surface area contributed by atoms with E-state index in [1.807, 2.05) is 6.92 Å². The summed E-state index contributed by atoms with van der Waals surface area (Å²) in [6.45, 7) is 5.47. The first-order chi connectivity index (χ1) is 11.5. The molecule has 0 bridgehead atoms. The molecule has 6 heteroatoms. The van der Waals surface area contributed by atoms with Crippen LogP contribution >= 0.6 is 0 Å². The third-order valence-electron chi connectivity index (χ3n) is 5.86. The summed E-state index contributed by atoms with van der Waals surface area (Å²) >= 11 is 0. The van der Waals surface area contributed by atoms with Crippen molar-refractivity contribution in [2.75, 3.05) is 6.61 Å². The van der Waals surface area contributed by atoms with Gasteiger partial charge in [0, 0.05) is 0 Å². The van der Waals surface area contributed by atoms with Crippen LogP contribution in [0.4, 0.5) is 0 Å². The molecule has 0 aromatic rings. The molecule has 2 fully saturated rings. The molecule has 0 radical (unpaired) electrons. The molecule has 3 aliphatic rings. The summed E-state index contributed by atoms with van der Waals surface area (Å²) in [6, 6.07) is 0. The highest BCUT2D eigenvalue weighted by Crippen LogP contribution is 2.56. The highest BCUT2D eigenvalue weighted by Gasteiger charge is 2.73. The molecule has 0 saturated carbocycles. The van der Waals surface area contributed by atoms with Crippen LogP contribution in [0.2, 0.25) is 0 Å². The van der Waals surface area contributed by atoms with Crippen molar-refractivity contribution in [3.63, 3.8) is 0 Å². The van der Waals surface area contributed by atoms with Crippen molar-refractivity contribution in [3.8, 4) is 0 Å². The Morgan fingerprint density at radius 3 is 2.56 bits per heavy atom. The Kier molecular flexibility index (Phi) is 4.68. The molecule has 4 N–H and O–H groups in total. The summed E-state index contributed by atoms with van der Waals surface area (Å²) in [4.78, 5) is 0. The molecular weight excluding hydrogens is 324 g/mol. The van der Waals surface area contributed by atoms with Crippen LogP contribution in [-0.4, -0.2) is 61.8 Å². The van der Waals surface area contributed by atoms with Crippen molar-refractivity contribution < 1.29 is 29.9 Å². The summed E-state index contributed by atoms with van der Waals surface area (Å²) in [5.41, 5.74) is -2.31. The van der Waals surface area contributed by atoms with E-state index in [1.54, 1.807) is 32.1 Å². The molecule has 0 aromatic heterocycles. The van der Waals surface area contributed by atoms with Crippen molar-refractivity contribution in [2.24, 2.45) is 0 Å². The average molecular weight is 354 g/mol. The molecule has 1 aliphatic carbocycles. The van der Waals surface area contributed by atoms with Crippen molar-refractivity contribution in [1.29, 1.82) is 0 Å². The topological polar surface area (TPSA) is 103 Å². The van der Waals surface area contributed by atoms with E-state index in [1.165, 1.54) is 0 Å². The van der Waals surface area contributed by atoms with Crippen LogP contribution in [0.1, 0.15) is 52.9 Å². The van der Waals surface area contributed by atoms with Gasteiger partial charge in [0.1, 0.15) is 6.10 Å². The van der Waals surface area contributed by atoms with E-state index in [0.29, 0.717) is 32.3 Å². The molecule has 2 heterocycles. The molecule has 2 aliphatic heterocycles. The highest BCUT2D eigenvalue weighted by molar-refractivity contribution is 5.26. The number of allylic oxidation sites excluding steroid dienone is 1. The van der Waals surface area contributed by atoms with E-state index in [2.05, 4.69) is 0 Å². The minimum Gasteiger partial charge on any atom is -0.390 e. The Hall–Kier alpha value is -0.760. The largest absolute Gasteiger partial charge is 0.390 e. The van der Waals surface area contributed by atoms with Crippen molar-refractivity contribution in [1.82, 2.24) is 0 Å². The van der Waals surface area contributed by atoms with Gasteiger partial charge >= 0.3 is 0 Å². The first kappa shape index (κ1) is 19.0. The van der Waals surface area contributed by atoms with Crippen LogP contribution in [0.25, 0.3) is 0 Å². The predicted molar refractivity (Wildman–Crippen MR) is 91.7 cm³/mol. The van der Waals surface area contributed by atoms with Crippen LogP contribution in [0.15, 0.2) is 23.8 Å². The third kappa shape index (κ3) is 3.56. The van der Waals surface area contributed by atoms with Gasteiger partial charge in [-0.15, -0.1) is 0 Å². The van der Waals surface area contributed by atoms with Gasteiger partial charge in [-0.25, -0.2) is 0 Å². The third-order valence-corrected chi connectivity index (χ3v) is 5.86. The van der Waals surface area contributed by atoms with Crippen molar-refractivity contribution in [2.45, 2.75) is 87.7 Å². The standard InChI is InChI=1S/C19H30O6/c1-13-5-6-14(20)17(3,22)8-4-7-16(2,21)9-10-18-15(25-18)12-24-19(18,23)11-13/h4,7,11,14-15,20-23H,5-6,8-10,12H2,1-3H3. The first-order valence-electron chi connectivity index (χ1n) is 9.03. The zero-order chi connectivity index (χ0) is 18.5. The van der Waals surface area contributed by atoms with Crippen molar-refractivity contribution in [3.05, 3.63) is 23.8 Å². The van der Waals surface area contributed by atoms with Gasteiger partial charge in [0.05, 0.1) is 23.9 Å². The fraction of sp³-hybridized carbons (Fsp3) is 0.789. The number of aliphatic hydroxyl groups is 4. The molecule has 1 spiro atoms. The number of rotatable bonds is 0. The number of epoxide rings is 1. The molecule has 6 nitrogen and oxygen atoms in total. The Bertz CT molecular complexity index is 580. The van der Waals surface area contributed by atoms with E-state index in [4.69, 9.17) is 9.47 Å². The molecule has 0 aromatic carbocycles. The van der Waals surface area contributed by atoms with E-state index in [0.717, 1.165) is 5.57 Å². The normalized spacial score (nSPS) is 51.2. The van der Waals surface area contributed by atoms with E-state index in [-0.39, 0.29) is 12.5 Å². The zero-order valence-electron chi connectivity index (χ0n) is 15.2. The lowest BCUT2D eigenvalue weighted by molar-refractivity contribution is -0.200. The second-order valence-corrected chi connectivity index (χ2v) is 8.37. The van der Waals surface area contributed by atoms with Crippen LogP contribution in [0, 0.1) is 0 Å². The Balaban J connectivity index is 1.88. The van der Waals surface area contributed by atoms with Gasteiger partial charge in [-0.2, -0.15) is 0 Å². The van der Waals surface area contributed by atoms with Crippen LogP contribution in [0.3, 0.4) is 0 Å². The Morgan fingerprint density at radius 1 is 1.16 bits per heavy atom. The lowest BCUT2D eigenvalue weighted by atomic mass is 9.84. The van der Waals surface area contributed by atoms with E-state index in [9.17, 15) is 20.4 Å². The maximum atomic E-state index is 11.0. The van der Waals surface area contributed by atoms with E-state index >= 15 is 0 Å². The molecule has 142 valence electrons. The smallest absolute Gasteiger partial charge is 0.218 e. The van der Waals surface area contributed by atoms with E-state index < -0.39 is 28.7 Å². The molecule has 6 atom stereocenters. The summed E-state index contributed by atoms with van der Waals surface area (Å²) < 4.78 is 11.4. The van der Waals surface area contributed by atoms with Gasteiger partial charge in [-0.1, -0.05) is 17.7 Å². The lowest BCUT2D eigenvalue weighted by Crippen LogP contribution is -2.44. The number of ether oxygens (including phenoxy) is 2. The maximum absolute atomic E-state index is 11.0. The predicted octanol–water partition coefficient (Wildman–Crippen LogP) is 1.17. The lowest BCUT2D eigenvalue weighted by Gasteiger charge is -2.32. The molecule has 3 rings (SSSR count). The second kappa shape index (κ2) is 6.15. The quantitative estimate of drug-likeness (QED) is 0.385. The molecule has 0 amide bonds. The minimum absolute atomic E-state index is 0.152. The molecule has 6 unspecified atom stereocenters. The first-order valence-corrected chi connectivity index (χ1v) is 9.03. The average Bonchev–Trinajstić information content (AvgIpc) is 3.17.